The summed E-state index contributed by atoms with van der Waals surface area (Å²) in [5.74, 6) is 0.936. The van der Waals surface area contributed by atoms with E-state index in [1.807, 2.05) is 0 Å². The molecule has 0 bridgehead atoms. The molecular weight excluding hydrogens is 398 g/mol. The molecule has 29 heavy (non-hydrogen) atoms. The molecule has 2 aromatic carbocycles. The third kappa shape index (κ3) is 4.01. The second-order valence-electron chi connectivity index (χ2n) is 5.89. The van der Waals surface area contributed by atoms with Crippen molar-refractivity contribution < 1.29 is 17.3 Å². The predicted molar refractivity (Wildman–Crippen MR) is 104 cm³/mol. The largest absolute Gasteiger partial charge is 0.439 e. The van der Waals surface area contributed by atoms with Gasteiger partial charge in [0, 0.05) is 12.3 Å². The fourth-order valence-electron chi connectivity index (χ4n) is 2.52. The molecule has 4 rings (SSSR count). The summed E-state index contributed by atoms with van der Waals surface area (Å²) in [7, 11) is -4.17. The molecule has 0 radical (unpaired) electrons. The standard InChI is InChI=1S/C19H13N3O6S/c23-18-19(24)22-16-11-14(8-9-15(16)21-18)29(25,26)28-13-6-4-12(5-7-13)27-17-3-1-2-10-20-17/h1-11H,(H,21,23)(H,22,24). The Bertz CT molecular complexity index is 1390. The van der Waals surface area contributed by atoms with Gasteiger partial charge in [-0.05, 0) is 48.5 Å². The molecule has 0 spiro atoms. The van der Waals surface area contributed by atoms with Crippen molar-refractivity contribution in [1.29, 1.82) is 0 Å². The van der Waals surface area contributed by atoms with Crippen LogP contribution in [0.5, 0.6) is 17.4 Å². The van der Waals surface area contributed by atoms with Gasteiger partial charge in [-0.2, -0.15) is 8.42 Å². The van der Waals surface area contributed by atoms with Crippen LogP contribution in [0.25, 0.3) is 11.0 Å². The SMILES string of the molecule is O=c1[nH]c2ccc(S(=O)(=O)Oc3ccc(Oc4ccccn4)cc3)cc2[nH]c1=O. The van der Waals surface area contributed by atoms with Gasteiger partial charge in [-0.15, -0.1) is 0 Å². The third-order valence-electron chi connectivity index (χ3n) is 3.87. The Labute approximate surface area is 163 Å². The fraction of sp³-hybridized carbons (Fsp3) is 0. The Morgan fingerprint density at radius 3 is 2.17 bits per heavy atom. The number of pyridine rings is 1. The maximum Gasteiger partial charge on any atom is 0.339 e. The Morgan fingerprint density at radius 2 is 1.48 bits per heavy atom. The highest BCUT2D eigenvalue weighted by Crippen LogP contribution is 2.25. The molecule has 9 nitrogen and oxygen atoms in total. The molecule has 0 aliphatic heterocycles. The van der Waals surface area contributed by atoms with Crippen molar-refractivity contribution in [1.82, 2.24) is 15.0 Å². The fourth-order valence-corrected chi connectivity index (χ4v) is 3.47. The third-order valence-corrected chi connectivity index (χ3v) is 5.12. The van der Waals surface area contributed by atoms with Crippen LogP contribution in [0.3, 0.4) is 0 Å². The van der Waals surface area contributed by atoms with Crippen LogP contribution in [0.2, 0.25) is 0 Å². The lowest BCUT2D eigenvalue weighted by atomic mass is 10.3. The second-order valence-corrected chi connectivity index (χ2v) is 7.44. The molecule has 0 saturated heterocycles. The first kappa shape index (κ1) is 18.4. The van der Waals surface area contributed by atoms with Gasteiger partial charge in [-0.1, -0.05) is 6.07 Å². The van der Waals surface area contributed by atoms with Crippen LogP contribution in [-0.2, 0) is 10.1 Å². The summed E-state index contributed by atoms with van der Waals surface area (Å²) in [5, 5.41) is 0. The number of fused-ring (bicyclic) bond motifs is 1. The number of nitrogens with zero attached hydrogens (tertiary/aromatic N) is 1. The number of rotatable bonds is 5. The zero-order chi connectivity index (χ0) is 20.4. The molecule has 10 heteroatoms. The lowest BCUT2D eigenvalue weighted by Crippen LogP contribution is -2.29. The van der Waals surface area contributed by atoms with Crippen molar-refractivity contribution in [2.24, 2.45) is 0 Å². The minimum Gasteiger partial charge on any atom is -0.439 e. The van der Waals surface area contributed by atoms with Crippen molar-refractivity contribution in [2.75, 3.05) is 0 Å². The number of hydrogen-bond donors (Lipinski definition) is 2. The highest BCUT2D eigenvalue weighted by Gasteiger charge is 2.18. The first-order chi connectivity index (χ1) is 13.9. The molecule has 2 heterocycles. The van der Waals surface area contributed by atoms with Crippen molar-refractivity contribution in [3.05, 3.63) is 87.6 Å². The number of nitrogens with one attached hydrogen (secondary N) is 2. The Balaban J connectivity index is 1.56. The second kappa shape index (κ2) is 7.24. The first-order valence-electron chi connectivity index (χ1n) is 8.30. The predicted octanol–water partition coefficient (Wildman–Crippen LogP) is 2.17. The van der Waals surface area contributed by atoms with E-state index in [-0.39, 0.29) is 16.2 Å². The number of aromatic nitrogens is 3. The Hall–Kier alpha value is -3.92. The van der Waals surface area contributed by atoms with Crippen LogP contribution in [0.1, 0.15) is 0 Å². The molecule has 0 aliphatic rings. The summed E-state index contributed by atoms with van der Waals surface area (Å²) < 4.78 is 35.8. The normalized spacial score (nSPS) is 11.3. The number of ether oxygens (including phenoxy) is 1. The van der Waals surface area contributed by atoms with Crippen molar-refractivity contribution >= 4 is 21.2 Å². The molecule has 2 N–H and O–H groups in total. The maximum absolute atomic E-state index is 12.5. The Morgan fingerprint density at radius 1 is 0.793 bits per heavy atom. The quantitative estimate of drug-likeness (QED) is 0.380. The van der Waals surface area contributed by atoms with Gasteiger partial charge in [0.25, 0.3) is 0 Å². The van der Waals surface area contributed by atoms with Gasteiger partial charge in [0.1, 0.15) is 16.4 Å². The molecule has 0 fully saturated rings. The van der Waals surface area contributed by atoms with E-state index in [2.05, 4.69) is 15.0 Å². The van der Waals surface area contributed by atoms with E-state index in [1.54, 1.807) is 36.5 Å². The van der Waals surface area contributed by atoms with Gasteiger partial charge < -0.3 is 18.9 Å². The number of hydrogen-bond acceptors (Lipinski definition) is 7. The molecule has 2 aromatic heterocycles. The van der Waals surface area contributed by atoms with Crippen LogP contribution in [-0.4, -0.2) is 23.4 Å². The summed E-state index contributed by atoms with van der Waals surface area (Å²) in [6, 6.07) is 15.0. The van der Waals surface area contributed by atoms with Crippen LogP contribution in [0.15, 0.2) is 81.3 Å². The van der Waals surface area contributed by atoms with Gasteiger partial charge in [-0.3, -0.25) is 9.59 Å². The lowest BCUT2D eigenvalue weighted by Gasteiger charge is -2.09. The molecule has 0 amide bonds. The van der Waals surface area contributed by atoms with E-state index in [0.29, 0.717) is 17.1 Å². The molecule has 0 atom stereocenters. The average Bonchev–Trinajstić information content (AvgIpc) is 2.70. The average molecular weight is 411 g/mol. The van der Waals surface area contributed by atoms with Gasteiger partial charge in [0.05, 0.1) is 11.0 Å². The smallest absolute Gasteiger partial charge is 0.339 e. The highest BCUT2D eigenvalue weighted by molar-refractivity contribution is 7.87. The highest BCUT2D eigenvalue weighted by atomic mass is 32.2. The monoisotopic (exact) mass is 411 g/mol. The van der Waals surface area contributed by atoms with Gasteiger partial charge >= 0.3 is 21.2 Å². The van der Waals surface area contributed by atoms with E-state index in [1.165, 1.54) is 30.3 Å². The zero-order valence-electron chi connectivity index (χ0n) is 14.7. The maximum atomic E-state index is 12.5. The summed E-state index contributed by atoms with van der Waals surface area (Å²) in [6.07, 6.45) is 1.59. The van der Waals surface area contributed by atoms with Crippen LogP contribution in [0, 0.1) is 0 Å². The Kier molecular flexibility index (Phi) is 4.61. The topological polar surface area (TPSA) is 131 Å². The zero-order valence-corrected chi connectivity index (χ0v) is 15.5. The molecule has 0 saturated carbocycles. The van der Waals surface area contributed by atoms with Gasteiger partial charge in [0.2, 0.25) is 5.88 Å². The minimum atomic E-state index is -4.17. The van der Waals surface area contributed by atoms with Crippen LogP contribution >= 0.6 is 0 Å². The van der Waals surface area contributed by atoms with E-state index in [9.17, 15) is 18.0 Å². The molecule has 0 aliphatic carbocycles. The van der Waals surface area contributed by atoms with Crippen molar-refractivity contribution in [2.45, 2.75) is 4.90 Å². The summed E-state index contributed by atoms with van der Waals surface area (Å²) >= 11 is 0. The molecule has 4 aromatic rings. The number of aromatic amines is 2. The van der Waals surface area contributed by atoms with E-state index in [0.717, 1.165) is 0 Å². The summed E-state index contributed by atoms with van der Waals surface area (Å²) in [4.78, 5) is 31.3. The molecular formula is C19H13N3O6S. The number of H-pyrrole nitrogens is 2. The molecule has 0 unspecified atom stereocenters. The van der Waals surface area contributed by atoms with E-state index < -0.39 is 21.2 Å². The number of benzene rings is 2. The van der Waals surface area contributed by atoms with Crippen LogP contribution in [0.4, 0.5) is 0 Å². The minimum absolute atomic E-state index is 0.0772. The summed E-state index contributed by atoms with van der Waals surface area (Å²) in [6.45, 7) is 0. The van der Waals surface area contributed by atoms with E-state index in [4.69, 9.17) is 8.92 Å². The molecule has 146 valence electrons. The van der Waals surface area contributed by atoms with Gasteiger partial charge in [0.15, 0.2) is 0 Å². The van der Waals surface area contributed by atoms with Gasteiger partial charge in [-0.25, -0.2) is 4.98 Å². The van der Waals surface area contributed by atoms with Crippen molar-refractivity contribution in [3.8, 4) is 17.4 Å². The first-order valence-corrected chi connectivity index (χ1v) is 9.71. The van der Waals surface area contributed by atoms with Crippen LogP contribution < -0.4 is 20.0 Å². The van der Waals surface area contributed by atoms with E-state index >= 15 is 0 Å². The van der Waals surface area contributed by atoms with Crippen molar-refractivity contribution in [3.63, 3.8) is 0 Å². The lowest BCUT2D eigenvalue weighted by molar-refractivity contribution is 0.459. The summed E-state index contributed by atoms with van der Waals surface area (Å²) in [5.41, 5.74) is -1.24.